The van der Waals surface area contributed by atoms with Crippen molar-refractivity contribution in [3.63, 3.8) is 0 Å². The van der Waals surface area contributed by atoms with Gasteiger partial charge in [-0.1, -0.05) is 33.8 Å². The molecule has 2 amide bonds. The maximum atomic E-state index is 12.8. The maximum absolute atomic E-state index is 12.8. The van der Waals surface area contributed by atoms with Gasteiger partial charge in [0.2, 0.25) is 10.0 Å². The van der Waals surface area contributed by atoms with Crippen molar-refractivity contribution in [2.75, 3.05) is 19.7 Å². The molecule has 10 heteroatoms. The van der Waals surface area contributed by atoms with Crippen molar-refractivity contribution in [3.8, 4) is 0 Å². The lowest BCUT2D eigenvalue weighted by Crippen LogP contribution is -2.46. The van der Waals surface area contributed by atoms with Crippen LogP contribution in [0.1, 0.15) is 57.8 Å². The molecule has 0 spiro atoms. The monoisotopic (exact) mass is 481 g/mol. The summed E-state index contributed by atoms with van der Waals surface area (Å²) in [6.45, 7) is 9.07. The molecule has 1 fully saturated rings. The van der Waals surface area contributed by atoms with Crippen LogP contribution in [0.2, 0.25) is 0 Å². The second-order valence-corrected chi connectivity index (χ2v) is 10.6. The zero-order valence-electron chi connectivity index (χ0n) is 20.0. The first kappa shape index (κ1) is 26.8. The summed E-state index contributed by atoms with van der Waals surface area (Å²) in [5, 5.41) is 5.41. The molecule has 1 saturated carbocycles. The molecule has 0 heterocycles. The Bertz CT molecular complexity index is 955. The van der Waals surface area contributed by atoms with E-state index in [-0.39, 0.29) is 28.3 Å². The Labute approximate surface area is 196 Å². The summed E-state index contributed by atoms with van der Waals surface area (Å²) >= 11 is 0. The number of rotatable bonds is 12. The van der Waals surface area contributed by atoms with Crippen LogP contribution in [0, 0.1) is 11.8 Å². The quantitative estimate of drug-likeness (QED) is 0.440. The van der Waals surface area contributed by atoms with Gasteiger partial charge in [-0.05, 0) is 49.8 Å². The number of amides is 2. The molecule has 9 nitrogen and oxygen atoms in total. The molecule has 0 aromatic heterocycles. The molecule has 1 unspecified atom stereocenters. The van der Waals surface area contributed by atoms with Gasteiger partial charge in [0.25, 0.3) is 11.8 Å². The number of nitrogens with one attached hydrogen (secondary N) is 2. The van der Waals surface area contributed by atoms with Crippen LogP contribution < -0.4 is 10.6 Å². The largest absolute Gasteiger partial charge is 0.454 e. The average molecular weight is 482 g/mol. The van der Waals surface area contributed by atoms with Gasteiger partial charge < -0.3 is 15.4 Å². The topological polar surface area (TPSA) is 122 Å². The number of carbonyl (C=O) groups is 3. The molecule has 2 rings (SSSR count). The first-order chi connectivity index (χ1) is 15.5. The number of esters is 1. The smallest absolute Gasteiger partial charge is 0.329 e. The Morgan fingerprint density at radius 3 is 2.27 bits per heavy atom. The highest BCUT2D eigenvalue weighted by Crippen LogP contribution is 2.32. The molecule has 0 bridgehead atoms. The van der Waals surface area contributed by atoms with Gasteiger partial charge in [-0.2, -0.15) is 4.31 Å². The van der Waals surface area contributed by atoms with Crippen molar-refractivity contribution in [1.29, 1.82) is 0 Å². The van der Waals surface area contributed by atoms with E-state index in [1.807, 2.05) is 6.92 Å². The minimum Gasteiger partial charge on any atom is -0.454 e. The number of nitrogens with zero attached hydrogens (tertiary/aromatic N) is 1. The van der Waals surface area contributed by atoms with Crippen LogP contribution in [0.15, 0.2) is 29.2 Å². The first-order valence-electron chi connectivity index (χ1n) is 11.4. The van der Waals surface area contributed by atoms with Gasteiger partial charge in [0, 0.05) is 24.7 Å². The lowest BCUT2D eigenvalue weighted by atomic mass is 10.0. The summed E-state index contributed by atoms with van der Waals surface area (Å²) in [7, 11) is -3.73. The summed E-state index contributed by atoms with van der Waals surface area (Å²) in [6, 6.07) is 4.73. The van der Waals surface area contributed by atoms with Crippen molar-refractivity contribution in [1.82, 2.24) is 14.9 Å². The van der Waals surface area contributed by atoms with Gasteiger partial charge in [-0.25, -0.2) is 13.2 Å². The fourth-order valence-corrected chi connectivity index (χ4v) is 4.97. The number of hydrogen-bond acceptors (Lipinski definition) is 6. The maximum Gasteiger partial charge on any atom is 0.329 e. The minimum absolute atomic E-state index is 0.00368. The first-order valence-corrected chi connectivity index (χ1v) is 12.8. The molecule has 2 atom stereocenters. The Kier molecular flexibility index (Phi) is 9.42. The average Bonchev–Trinajstić information content (AvgIpc) is 3.61. The van der Waals surface area contributed by atoms with E-state index >= 15 is 0 Å². The van der Waals surface area contributed by atoms with Crippen LogP contribution in [0.4, 0.5) is 0 Å². The SMILES string of the molecule is CCN(CC)S(=O)(=O)c1cccc(C(=O)N[C@H](C(=O)OCC(=O)NC(C)C2CC2)C(C)C)c1. The lowest BCUT2D eigenvalue weighted by Gasteiger charge is -2.22. The lowest BCUT2D eigenvalue weighted by molar-refractivity contribution is -0.151. The van der Waals surface area contributed by atoms with Crippen LogP contribution in [0.5, 0.6) is 0 Å². The Balaban J connectivity index is 2.04. The third-order valence-corrected chi connectivity index (χ3v) is 7.76. The summed E-state index contributed by atoms with van der Waals surface area (Å²) in [6.07, 6.45) is 2.17. The number of benzene rings is 1. The minimum atomic E-state index is -3.73. The Morgan fingerprint density at radius 1 is 1.09 bits per heavy atom. The highest BCUT2D eigenvalue weighted by molar-refractivity contribution is 7.89. The van der Waals surface area contributed by atoms with E-state index in [9.17, 15) is 22.8 Å². The van der Waals surface area contributed by atoms with E-state index in [2.05, 4.69) is 10.6 Å². The van der Waals surface area contributed by atoms with Crippen LogP contribution in [-0.2, 0) is 24.3 Å². The van der Waals surface area contributed by atoms with Crippen LogP contribution in [0.3, 0.4) is 0 Å². The molecule has 1 aliphatic carbocycles. The molecular weight excluding hydrogens is 446 g/mol. The fourth-order valence-electron chi connectivity index (χ4n) is 3.47. The Hall–Kier alpha value is -2.46. The van der Waals surface area contributed by atoms with Crippen molar-refractivity contribution in [2.45, 2.75) is 64.4 Å². The van der Waals surface area contributed by atoms with Crippen molar-refractivity contribution in [2.24, 2.45) is 11.8 Å². The van der Waals surface area contributed by atoms with E-state index in [0.717, 1.165) is 12.8 Å². The Morgan fingerprint density at radius 2 is 1.73 bits per heavy atom. The zero-order valence-corrected chi connectivity index (χ0v) is 20.8. The molecule has 33 heavy (non-hydrogen) atoms. The second-order valence-electron chi connectivity index (χ2n) is 8.61. The second kappa shape index (κ2) is 11.6. The summed E-state index contributed by atoms with van der Waals surface area (Å²) < 4.78 is 32.0. The molecule has 0 aliphatic heterocycles. The zero-order chi connectivity index (χ0) is 24.8. The van der Waals surface area contributed by atoms with E-state index in [1.165, 1.54) is 28.6 Å². The molecule has 0 radical (unpaired) electrons. The van der Waals surface area contributed by atoms with Gasteiger partial charge in [-0.15, -0.1) is 0 Å². The number of carbonyl (C=O) groups excluding carboxylic acids is 3. The van der Waals surface area contributed by atoms with Gasteiger partial charge in [0.15, 0.2) is 6.61 Å². The fraction of sp³-hybridized carbons (Fsp3) is 0.609. The van der Waals surface area contributed by atoms with Gasteiger partial charge >= 0.3 is 5.97 Å². The third kappa shape index (κ3) is 7.26. The van der Waals surface area contributed by atoms with Crippen molar-refractivity contribution in [3.05, 3.63) is 29.8 Å². The molecule has 1 aromatic rings. The van der Waals surface area contributed by atoms with Crippen LogP contribution in [-0.4, -0.2) is 62.3 Å². The summed E-state index contributed by atoms with van der Waals surface area (Å²) in [5.74, 6) is -1.54. The number of sulfonamides is 1. The number of ether oxygens (including phenoxy) is 1. The highest BCUT2D eigenvalue weighted by atomic mass is 32.2. The normalized spacial score (nSPS) is 15.7. The van der Waals surface area contributed by atoms with Gasteiger partial charge in [0.05, 0.1) is 4.90 Å². The van der Waals surface area contributed by atoms with Crippen molar-refractivity contribution < 1.29 is 27.5 Å². The van der Waals surface area contributed by atoms with Gasteiger partial charge in [0.1, 0.15) is 6.04 Å². The molecular formula is C23H35N3O6S. The summed E-state index contributed by atoms with van der Waals surface area (Å²) in [4.78, 5) is 37.4. The van der Waals surface area contributed by atoms with E-state index in [4.69, 9.17) is 4.74 Å². The number of hydrogen-bond donors (Lipinski definition) is 2. The van der Waals surface area contributed by atoms with E-state index in [0.29, 0.717) is 19.0 Å². The van der Waals surface area contributed by atoms with E-state index in [1.54, 1.807) is 27.7 Å². The predicted molar refractivity (Wildman–Crippen MR) is 124 cm³/mol. The van der Waals surface area contributed by atoms with Crippen LogP contribution in [0.25, 0.3) is 0 Å². The molecule has 1 aromatic carbocycles. The molecule has 0 saturated heterocycles. The van der Waals surface area contributed by atoms with Crippen LogP contribution >= 0.6 is 0 Å². The molecule has 184 valence electrons. The standard InChI is InChI=1S/C23H35N3O6S/c1-6-26(7-2)33(30,31)19-10-8-9-18(13-19)22(28)25-21(15(3)4)23(29)32-14-20(27)24-16(5)17-11-12-17/h8-10,13,15-17,21H,6-7,11-12,14H2,1-5H3,(H,24,27)(H,25,28)/t16?,21-/m0/s1. The van der Waals surface area contributed by atoms with E-state index < -0.39 is 34.5 Å². The molecule has 2 N–H and O–H groups in total. The highest BCUT2D eigenvalue weighted by Gasteiger charge is 2.30. The summed E-state index contributed by atoms with van der Waals surface area (Å²) in [5.41, 5.74) is 0.109. The third-order valence-electron chi connectivity index (χ3n) is 5.71. The predicted octanol–water partition coefficient (Wildman–Crippen LogP) is 1.93. The van der Waals surface area contributed by atoms with Crippen molar-refractivity contribution >= 4 is 27.8 Å². The van der Waals surface area contributed by atoms with Gasteiger partial charge in [-0.3, -0.25) is 9.59 Å². The molecule has 1 aliphatic rings.